The molecule has 6 heteroatoms. The van der Waals surface area contributed by atoms with Crippen LogP contribution in [-0.4, -0.2) is 46.4 Å². The molecular formula is C18H28N4O2. The third-order valence-corrected chi connectivity index (χ3v) is 3.95. The van der Waals surface area contributed by atoms with E-state index in [0.29, 0.717) is 6.54 Å². The Hall–Kier alpha value is -1.95. The maximum atomic E-state index is 12.5. The molecule has 2 heterocycles. The Bertz CT molecular complexity index is 554. The Kier molecular flexibility index (Phi) is 6.31. The van der Waals surface area contributed by atoms with Gasteiger partial charge in [-0.2, -0.15) is 0 Å². The summed E-state index contributed by atoms with van der Waals surface area (Å²) in [6.45, 7) is 7.34. The van der Waals surface area contributed by atoms with Crippen molar-refractivity contribution in [3.63, 3.8) is 0 Å². The summed E-state index contributed by atoms with van der Waals surface area (Å²) in [4.78, 5) is 30.9. The zero-order valence-corrected chi connectivity index (χ0v) is 14.8. The van der Waals surface area contributed by atoms with Crippen LogP contribution in [0.3, 0.4) is 0 Å². The third kappa shape index (κ3) is 5.92. The summed E-state index contributed by atoms with van der Waals surface area (Å²) < 4.78 is 0. The molecule has 0 bridgehead atoms. The molecule has 1 aliphatic heterocycles. The fourth-order valence-electron chi connectivity index (χ4n) is 2.86. The molecule has 0 radical (unpaired) electrons. The van der Waals surface area contributed by atoms with Crippen molar-refractivity contribution >= 4 is 11.8 Å². The Morgan fingerprint density at radius 1 is 1.29 bits per heavy atom. The van der Waals surface area contributed by atoms with E-state index in [1.165, 1.54) is 0 Å². The highest BCUT2D eigenvalue weighted by Gasteiger charge is 2.31. The second-order valence-corrected chi connectivity index (χ2v) is 7.32. The molecule has 0 aromatic carbocycles. The lowest BCUT2D eigenvalue weighted by atomic mass is 9.99. The average molecular weight is 332 g/mol. The molecule has 0 unspecified atom stereocenters. The first-order valence-electron chi connectivity index (χ1n) is 8.58. The van der Waals surface area contributed by atoms with E-state index in [2.05, 4.69) is 15.6 Å². The molecule has 1 aromatic heterocycles. The standard InChI is InChI=1S/C18H28N4O2/c1-18(2,3)21-17(24)15-9-5-7-11-22(15)13-16(23)20-12-14-8-4-6-10-19-14/h4,6,8,10,15H,5,7,9,11-13H2,1-3H3,(H,20,23)(H,21,24)/t15-/m0/s1. The van der Waals surface area contributed by atoms with Gasteiger partial charge in [-0.3, -0.25) is 19.5 Å². The summed E-state index contributed by atoms with van der Waals surface area (Å²) in [5.74, 6) is -0.0594. The molecule has 0 aliphatic carbocycles. The number of nitrogens with one attached hydrogen (secondary N) is 2. The lowest BCUT2D eigenvalue weighted by Crippen LogP contribution is -2.55. The Labute approximate surface area is 144 Å². The van der Waals surface area contributed by atoms with E-state index in [4.69, 9.17) is 0 Å². The minimum Gasteiger partial charge on any atom is -0.350 e. The Morgan fingerprint density at radius 2 is 2.08 bits per heavy atom. The summed E-state index contributed by atoms with van der Waals surface area (Å²) in [5.41, 5.74) is 0.563. The highest BCUT2D eigenvalue weighted by Crippen LogP contribution is 2.17. The number of carbonyl (C=O) groups is 2. The molecule has 2 amide bonds. The van der Waals surface area contributed by atoms with E-state index < -0.39 is 0 Å². The van der Waals surface area contributed by atoms with Crippen LogP contribution in [0.5, 0.6) is 0 Å². The zero-order valence-electron chi connectivity index (χ0n) is 14.8. The number of rotatable bonds is 5. The van der Waals surface area contributed by atoms with Crippen LogP contribution in [0.4, 0.5) is 0 Å². The van der Waals surface area contributed by atoms with Crippen LogP contribution in [0.1, 0.15) is 45.7 Å². The van der Waals surface area contributed by atoms with Gasteiger partial charge in [-0.15, -0.1) is 0 Å². The van der Waals surface area contributed by atoms with Crippen LogP contribution in [0.15, 0.2) is 24.4 Å². The maximum absolute atomic E-state index is 12.5. The fraction of sp³-hybridized carbons (Fsp3) is 0.611. The molecule has 0 saturated carbocycles. The number of pyridine rings is 1. The van der Waals surface area contributed by atoms with Gasteiger partial charge in [0.25, 0.3) is 0 Å². The van der Waals surface area contributed by atoms with Gasteiger partial charge in [-0.1, -0.05) is 12.5 Å². The molecule has 6 nitrogen and oxygen atoms in total. The molecular weight excluding hydrogens is 304 g/mol. The van der Waals surface area contributed by atoms with Gasteiger partial charge in [0.05, 0.1) is 24.8 Å². The minimum absolute atomic E-state index is 0.0136. The SMILES string of the molecule is CC(C)(C)NC(=O)[C@@H]1CCCCN1CC(=O)NCc1ccccn1. The van der Waals surface area contributed by atoms with Crippen LogP contribution in [0, 0.1) is 0 Å². The number of hydrogen-bond acceptors (Lipinski definition) is 4. The van der Waals surface area contributed by atoms with Crippen LogP contribution in [-0.2, 0) is 16.1 Å². The molecule has 1 atom stereocenters. The summed E-state index contributed by atoms with van der Waals surface area (Å²) >= 11 is 0. The molecule has 1 aliphatic rings. The second kappa shape index (κ2) is 8.24. The predicted octanol–water partition coefficient (Wildman–Crippen LogP) is 1.47. The molecule has 1 aromatic rings. The van der Waals surface area contributed by atoms with Gasteiger partial charge in [0.2, 0.25) is 11.8 Å². The van der Waals surface area contributed by atoms with Crippen LogP contribution in [0.2, 0.25) is 0 Å². The van der Waals surface area contributed by atoms with Crippen molar-refractivity contribution in [3.8, 4) is 0 Å². The molecule has 1 saturated heterocycles. The molecule has 24 heavy (non-hydrogen) atoms. The quantitative estimate of drug-likeness (QED) is 0.856. The number of amides is 2. The number of hydrogen-bond donors (Lipinski definition) is 2. The molecule has 0 spiro atoms. The Morgan fingerprint density at radius 3 is 2.75 bits per heavy atom. The number of nitrogens with zero attached hydrogens (tertiary/aromatic N) is 2. The van der Waals surface area contributed by atoms with Crippen LogP contribution >= 0.6 is 0 Å². The maximum Gasteiger partial charge on any atom is 0.237 e. The molecule has 132 valence electrons. The van der Waals surface area contributed by atoms with E-state index in [1.54, 1.807) is 6.20 Å². The zero-order chi connectivity index (χ0) is 17.6. The molecule has 2 N–H and O–H groups in total. The number of piperidine rings is 1. The van der Waals surface area contributed by atoms with Crippen molar-refractivity contribution in [2.24, 2.45) is 0 Å². The number of likely N-dealkylation sites (tertiary alicyclic amines) is 1. The van der Waals surface area contributed by atoms with Gasteiger partial charge in [0, 0.05) is 11.7 Å². The van der Waals surface area contributed by atoms with Gasteiger partial charge in [-0.05, 0) is 52.3 Å². The highest BCUT2D eigenvalue weighted by molar-refractivity contribution is 5.84. The summed E-state index contributed by atoms with van der Waals surface area (Å²) in [5, 5.41) is 5.91. The van der Waals surface area contributed by atoms with E-state index in [0.717, 1.165) is 31.5 Å². The summed E-state index contributed by atoms with van der Waals surface area (Å²) in [6, 6.07) is 5.39. The predicted molar refractivity (Wildman–Crippen MR) is 93.2 cm³/mol. The van der Waals surface area contributed by atoms with Crippen molar-refractivity contribution in [2.45, 2.75) is 58.2 Å². The average Bonchev–Trinajstić information content (AvgIpc) is 2.53. The molecule has 2 rings (SSSR count). The van der Waals surface area contributed by atoms with Crippen LogP contribution in [0.25, 0.3) is 0 Å². The second-order valence-electron chi connectivity index (χ2n) is 7.32. The van der Waals surface area contributed by atoms with Gasteiger partial charge < -0.3 is 10.6 Å². The van der Waals surface area contributed by atoms with Crippen molar-refractivity contribution in [1.82, 2.24) is 20.5 Å². The van der Waals surface area contributed by atoms with Gasteiger partial charge in [-0.25, -0.2) is 0 Å². The molecule has 1 fully saturated rings. The van der Waals surface area contributed by atoms with Crippen LogP contribution < -0.4 is 10.6 Å². The van der Waals surface area contributed by atoms with E-state index >= 15 is 0 Å². The summed E-state index contributed by atoms with van der Waals surface area (Å²) in [6.07, 6.45) is 4.55. The first-order chi connectivity index (χ1) is 11.3. The lowest BCUT2D eigenvalue weighted by Gasteiger charge is -2.35. The smallest absolute Gasteiger partial charge is 0.237 e. The largest absolute Gasteiger partial charge is 0.350 e. The fourth-order valence-corrected chi connectivity index (χ4v) is 2.86. The van der Waals surface area contributed by atoms with Crippen molar-refractivity contribution < 1.29 is 9.59 Å². The van der Waals surface area contributed by atoms with E-state index in [-0.39, 0.29) is 29.9 Å². The van der Waals surface area contributed by atoms with E-state index in [1.807, 2.05) is 43.9 Å². The van der Waals surface area contributed by atoms with Gasteiger partial charge in [0.15, 0.2) is 0 Å². The van der Waals surface area contributed by atoms with E-state index in [9.17, 15) is 9.59 Å². The Balaban J connectivity index is 1.88. The summed E-state index contributed by atoms with van der Waals surface area (Å²) in [7, 11) is 0. The normalized spacial score (nSPS) is 18.9. The monoisotopic (exact) mass is 332 g/mol. The van der Waals surface area contributed by atoms with Crippen molar-refractivity contribution in [3.05, 3.63) is 30.1 Å². The van der Waals surface area contributed by atoms with Crippen molar-refractivity contribution in [2.75, 3.05) is 13.1 Å². The number of carbonyl (C=O) groups excluding carboxylic acids is 2. The first kappa shape index (κ1) is 18.4. The van der Waals surface area contributed by atoms with Gasteiger partial charge in [0.1, 0.15) is 0 Å². The highest BCUT2D eigenvalue weighted by atomic mass is 16.2. The van der Waals surface area contributed by atoms with Gasteiger partial charge >= 0.3 is 0 Å². The topological polar surface area (TPSA) is 74.3 Å². The lowest BCUT2D eigenvalue weighted by molar-refractivity contribution is -0.131. The number of aromatic nitrogens is 1. The van der Waals surface area contributed by atoms with Crippen molar-refractivity contribution in [1.29, 1.82) is 0 Å². The third-order valence-electron chi connectivity index (χ3n) is 3.95. The first-order valence-corrected chi connectivity index (χ1v) is 8.58. The minimum atomic E-state index is -0.262.